The van der Waals surface area contributed by atoms with Crippen LogP contribution in [0.25, 0.3) is 0 Å². The number of nitrogens with zero attached hydrogens (tertiary/aromatic N) is 1. The molecule has 0 saturated carbocycles. The number of ether oxygens (including phenoxy) is 1. The monoisotopic (exact) mass is 281 g/mol. The minimum absolute atomic E-state index is 0.236. The summed E-state index contributed by atoms with van der Waals surface area (Å²) in [5.41, 5.74) is 1.28. The Hall–Kier alpha value is -1.58. The fourth-order valence-electron chi connectivity index (χ4n) is 1.38. The third kappa shape index (κ3) is 3.00. The lowest BCUT2D eigenvalue weighted by molar-refractivity contribution is 0.0734. The van der Waals surface area contributed by atoms with Crippen molar-refractivity contribution in [3.05, 3.63) is 57.8 Å². The summed E-state index contributed by atoms with van der Waals surface area (Å²) in [5.74, 6) is -0.193. The largest absolute Gasteiger partial charge is 0.421 e. The second kappa shape index (κ2) is 5.38. The molecule has 0 aliphatic carbocycles. The number of carbonyl (C=O) groups is 1. The summed E-state index contributed by atoms with van der Waals surface area (Å²) in [7, 11) is 0. The van der Waals surface area contributed by atoms with Gasteiger partial charge in [-0.3, -0.25) is 0 Å². The minimum atomic E-state index is -0.521. The van der Waals surface area contributed by atoms with Crippen molar-refractivity contribution in [2.24, 2.45) is 0 Å². The third-order valence-corrected chi connectivity index (χ3v) is 2.77. The van der Waals surface area contributed by atoms with E-state index < -0.39 is 5.97 Å². The zero-order chi connectivity index (χ0) is 13.1. The van der Waals surface area contributed by atoms with Gasteiger partial charge in [-0.25, -0.2) is 9.78 Å². The first kappa shape index (κ1) is 12.9. The molecular formula is C13H9Cl2NO2. The Labute approximate surface area is 114 Å². The number of hydrogen-bond donors (Lipinski definition) is 0. The molecule has 3 nitrogen and oxygen atoms in total. The van der Waals surface area contributed by atoms with Crippen LogP contribution in [-0.2, 0) is 0 Å². The lowest BCUT2D eigenvalue weighted by atomic mass is 10.2. The molecule has 0 atom stereocenters. The van der Waals surface area contributed by atoms with Crippen molar-refractivity contribution >= 4 is 29.2 Å². The Kier molecular flexibility index (Phi) is 3.84. The number of rotatable bonds is 2. The van der Waals surface area contributed by atoms with Crippen LogP contribution in [0.1, 0.15) is 15.9 Å². The Morgan fingerprint density at radius 2 is 2.00 bits per heavy atom. The van der Waals surface area contributed by atoms with Crippen molar-refractivity contribution in [2.75, 3.05) is 0 Å². The summed E-state index contributed by atoms with van der Waals surface area (Å²) < 4.78 is 5.21. The van der Waals surface area contributed by atoms with E-state index in [1.807, 2.05) is 13.0 Å². The molecule has 0 fully saturated rings. The van der Waals surface area contributed by atoms with Gasteiger partial charge in [0.05, 0.1) is 10.6 Å². The van der Waals surface area contributed by atoms with E-state index in [1.165, 1.54) is 18.3 Å². The number of aryl methyl sites for hydroxylation is 1. The molecule has 1 heterocycles. The third-order valence-electron chi connectivity index (χ3n) is 2.25. The lowest BCUT2D eigenvalue weighted by Gasteiger charge is -2.07. The number of benzene rings is 1. The highest BCUT2D eigenvalue weighted by Crippen LogP contribution is 2.26. The second-order valence-corrected chi connectivity index (χ2v) is 4.49. The van der Waals surface area contributed by atoms with Crippen molar-refractivity contribution < 1.29 is 9.53 Å². The standard InChI is InChI=1S/C13H9Cl2NO2/c1-8-2-3-10(14)11(6-8)18-13(17)9-4-5-16-12(15)7-9/h2-7H,1H3. The normalized spacial score (nSPS) is 10.2. The van der Waals surface area contributed by atoms with E-state index in [0.29, 0.717) is 16.3 Å². The molecule has 0 aliphatic rings. The maximum Gasteiger partial charge on any atom is 0.343 e. The van der Waals surface area contributed by atoms with Crippen molar-refractivity contribution in [3.8, 4) is 5.75 Å². The van der Waals surface area contributed by atoms with Gasteiger partial charge in [0.15, 0.2) is 0 Å². The van der Waals surface area contributed by atoms with Crippen molar-refractivity contribution in [3.63, 3.8) is 0 Å². The first-order chi connectivity index (χ1) is 8.56. The van der Waals surface area contributed by atoms with Gasteiger partial charge in [-0.15, -0.1) is 0 Å². The van der Waals surface area contributed by atoms with Gasteiger partial charge in [0.2, 0.25) is 0 Å². The molecule has 1 aromatic heterocycles. The van der Waals surface area contributed by atoms with E-state index >= 15 is 0 Å². The maximum absolute atomic E-state index is 11.9. The van der Waals surface area contributed by atoms with Gasteiger partial charge in [0, 0.05) is 6.20 Å². The van der Waals surface area contributed by atoms with Crippen LogP contribution in [0.3, 0.4) is 0 Å². The maximum atomic E-state index is 11.9. The lowest BCUT2D eigenvalue weighted by Crippen LogP contribution is -2.09. The first-order valence-corrected chi connectivity index (χ1v) is 5.92. The molecule has 0 amide bonds. The molecule has 0 bridgehead atoms. The highest BCUT2D eigenvalue weighted by molar-refractivity contribution is 6.32. The molecule has 0 N–H and O–H groups in total. The van der Waals surface area contributed by atoms with Crippen molar-refractivity contribution in [2.45, 2.75) is 6.92 Å². The molecule has 2 rings (SSSR count). The summed E-state index contributed by atoms with van der Waals surface area (Å²) >= 11 is 11.6. The zero-order valence-electron chi connectivity index (χ0n) is 9.48. The molecule has 0 radical (unpaired) electrons. The fraction of sp³-hybridized carbons (Fsp3) is 0.0769. The van der Waals surface area contributed by atoms with Crippen LogP contribution in [-0.4, -0.2) is 11.0 Å². The van der Waals surface area contributed by atoms with Crippen LogP contribution in [0, 0.1) is 6.92 Å². The van der Waals surface area contributed by atoms with E-state index in [-0.39, 0.29) is 5.15 Å². The summed E-state index contributed by atoms with van der Waals surface area (Å²) in [6.45, 7) is 1.89. The van der Waals surface area contributed by atoms with Gasteiger partial charge in [-0.2, -0.15) is 0 Å². The number of esters is 1. The van der Waals surface area contributed by atoms with Crippen molar-refractivity contribution in [1.82, 2.24) is 4.98 Å². The van der Waals surface area contributed by atoms with Gasteiger partial charge < -0.3 is 4.74 Å². The van der Waals surface area contributed by atoms with Crippen LogP contribution >= 0.6 is 23.2 Å². The average Bonchev–Trinajstić information content (AvgIpc) is 2.34. The van der Waals surface area contributed by atoms with Gasteiger partial charge in [-0.1, -0.05) is 29.3 Å². The van der Waals surface area contributed by atoms with E-state index in [2.05, 4.69) is 4.98 Å². The Bertz CT molecular complexity index is 599. The quantitative estimate of drug-likeness (QED) is 0.476. The molecule has 92 valence electrons. The number of halogens is 2. The minimum Gasteiger partial charge on any atom is -0.421 e. The van der Waals surface area contributed by atoms with E-state index in [9.17, 15) is 4.79 Å². The van der Waals surface area contributed by atoms with Crippen LogP contribution < -0.4 is 4.74 Å². The summed E-state index contributed by atoms with van der Waals surface area (Å²) in [6, 6.07) is 8.18. The number of hydrogen-bond acceptors (Lipinski definition) is 3. The summed E-state index contributed by atoms with van der Waals surface area (Å²) in [5, 5.41) is 0.619. The first-order valence-electron chi connectivity index (χ1n) is 5.16. The van der Waals surface area contributed by atoms with Gasteiger partial charge in [0.25, 0.3) is 0 Å². The number of pyridine rings is 1. The van der Waals surface area contributed by atoms with E-state index in [4.69, 9.17) is 27.9 Å². The fourth-order valence-corrected chi connectivity index (χ4v) is 1.71. The van der Waals surface area contributed by atoms with Gasteiger partial charge in [-0.05, 0) is 36.8 Å². The Morgan fingerprint density at radius 1 is 1.22 bits per heavy atom. The highest BCUT2D eigenvalue weighted by Gasteiger charge is 2.11. The molecule has 18 heavy (non-hydrogen) atoms. The molecule has 5 heteroatoms. The molecule has 0 saturated heterocycles. The summed E-state index contributed by atoms with van der Waals surface area (Å²) in [4.78, 5) is 15.7. The second-order valence-electron chi connectivity index (χ2n) is 3.69. The average molecular weight is 282 g/mol. The predicted octanol–water partition coefficient (Wildman–Crippen LogP) is 3.92. The van der Waals surface area contributed by atoms with Crippen LogP contribution in [0.4, 0.5) is 0 Å². The van der Waals surface area contributed by atoms with Gasteiger partial charge in [0.1, 0.15) is 10.9 Å². The topological polar surface area (TPSA) is 39.2 Å². The molecule has 0 aliphatic heterocycles. The van der Waals surface area contributed by atoms with Crippen LogP contribution in [0.15, 0.2) is 36.5 Å². The molecule has 0 unspecified atom stereocenters. The van der Waals surface area contributed by atoms with Crippen LogP contribution in [0.5, 0.6) is 5.75 Å². The Morgan fingerprint density at radius 3 is 2.72 bits per heavy atom. The number of carbonyl (C=O) groups excluding carboxylic acids is 1. The van der Waals surface area contributed by atoms with Gasteiger partial charge >= 0.3 is 5.97 Å². The van der Waals surface area contributed by atoms with E-state index in [0.717, 1.165) is 5.56 Å². The molecule has 0 spiro atoms. The smallest absolute Gasteiger partial charge is 0.343 e. The molecule has 1 aromatic carbocycles. The summed E-state index contributed by atoms with van der Waals surface area (Å²) in [6.07, 6.45) is 1.44. The van der Waals surface area contributed by atoms with Crippen LogP contribution in [0.2, 0.25) is 10.2 Å². The SMILES string of the molecule is Cc1ccc(Cl)c(OC(=O)c2ccnc(Cl)c2)c1. The number of aromatic nitrogens is 1. The van der Waals surface area contributed by atoms with Crippen molar-refractivity contribution in [1.29, 1.82) is 0 Å². The van der Waals surface area contributed by atoms with E-state index in [1.54, 1.807) is 12.1 Å². The predicted molar refractivity (Wildman–Crippen MR) is 70.4 cm³/mol. The molecular weight excluding hydrogens is 273 g/mol. The zero-order valence-corrected chi connectivity index (χ0v) is 11.0. The Balaban J connectivity index is 2.24. The molecule has 2 aromatic rings. The highest BCUT2D eigenvalue weighted by atomic mass is 35.5.